The van der Waals surface area contributed by atoms with E-state index in [4.69, 9.17) is 4.42 Å². The molecule has 9 heteroatoms. The van der Waals surface area contributed by atoms with E-state index in [1.165, 1.54) is 12.1 Å². The average Bonchev–Trinajstić information content (AvgIpc) is 3.14. The molecule has 1 aromatic heterocycles. The molecule has 0 spiro atoms. The lowest BCUT2D eigenvalue weighted by Crippen LogP contribution is -2.49. The number of aryl methyl sites for hydroxylation is 1. The largest absolute Gasteiger partial charge is 0.417 e. The lowest BCUT2D eigenvalue weighted by atomic mass is 10.1. The average molecular weight is 443 g/mol. The van der Waals surface area contributed by atoms with Gasteiger partial charge in [-0.05, 0) is 42.3 Å². The maximum absolute atomic E-state index is 13.3. The van der Waals surface area contributed by atoms with Gasteiger partial charge in [0.25, 0.3) is 0 Å². The molecular formula is C23H23F2N3O4. The highest BCUT2D eigenvalue weighted by Crippen LogP contribution is 2.15. The molecule has 7 nitrogen and oxygen atoms in total. The normalized spacial score (nSPS) is 14.8. The number of piperazine rings is 1. The molecule has 2 aromatic carbocycles. The molecule has 0 bridgehead atoms. The number of carbonyl (C=O) groups excluding carboxylic acids is 2. The van der Waals surface area contributed by atoms with E-state index in [1.54, 1.807) is 23.1 Å². The molecule has 1 fully saturated rings. The number of nitrogens with zero attached hydrogens (tertiary/aromatic N) is 2. The Morgan fingerprint density at radius 2 is 1.69 bits per heavy atom. The third kappa shape index (κ3) is 5.28. The summed E-state index contributed by atoms with van der Waals surface area (Å²) in [5.41, 5.74) is 1.86. The molecule has 1 aliphatic rings. The summed E-state index contributed by atoms with van der Waals surface area (Å²) in [5, 5.41) is 0. The summed E-state index contributed by atoms with van der Waals surface area (Å²) in [5.74, 6) is -1.94. The Morgan fingerprint density at radius 3 is 2.41 bits per heavy atom. The van der Waals surface area contributed by atoms with Crippen molar-refractivity contribution in [2.24, 2.45) is 0 Å². The van der Waals surface area contributed by atoms with E-state index in [0.717, 1.165) is 6.07 Å². The van der Waals surface area contributed by atoms with E-state index in [9.17, 15) is 23.2 Å². The molecule has 1 N–H and O–H groups in total. The number of halogens is 2. The second kappa shape index (κ2) is 9.44. The Balaban J connectivity index is 1.22. The molecule has 168 valence electrons. The van der Waals surface area contributed by atoms with E-state index in [-0.39, 0.29) is 24.5 Å². The number of hydrogen-bond acceptors (Lipinski definition) is 5. The predicted octanol–water partition coefficient (Wildman–Crippen LogP) is 2.75. The fourth-order valence-electron chi connectivity index (χ4n) is 3.91. The van der Waals surface area contributed by atoms with Gasteiger partial charge in [0.2, 0.25) is 5.91 Å². The van der Waals surface area contributed by atoms with E-state index in [2.05, 4.69) is 9.88 Å². The van der Waals surface area contributed by atoms with Gasteiger partial charge in [-0.25, -0.2) is 13.6 Å². The quantitative estimate of drug-likeness (QED) is 0.568. The van der Waals surface area contributed by atoms with E-state index in [0.29, 0.717) is 61.4 Å². The minimum atomic E-state index is -0.645. The van der Waals surface area contributed by atoms with Crippen molar-refractivity contribution >= 4 is 22.8 Å². The lowest BCUT2D eigenvalue weighted by molar-refractivity contribution is -0.132. The van der Waals surface area contributed by atoms with Gasteiger partial charge < -0.3 is 9.32 Å². The number of rotatable bonds is 7. The molecule has 0 aliphatic carbocycles. The van der Waals surface area contributed by atoms with Gasteiger partial charge in [-0.2, -0.15) is 0 Å². The van der Waals surface area contributed by atoms with Crippen LogP contribution in [-0.2, 0) is 11.2 Å². The molecular weight excluding hydrogens is 420 g/mol. The summed E-state index contributed by atoms with van der Waals surface area (Å²) in [7, 11) is 0. The number of ketones is 1. The Kier molecular flexibility index (Phi) is 6.45. The predicted molar refractivity (Wildman–Crippen MR) is 113 cm³/mol. The van der Waals surface area contributed by atoms with Gasteiger partial charge in [0.05, 0.1) is 5.52 Å². The van der Waals surface area contributed by atoms with Crippen molar-refractivity contribution in [3.8, 4) is 0 Å². The highest BCUT2D eigenvalue weighted by molar-refractivity contribution is 5.98. The third-order valence-electron chi connectivity index (χ3n) is 5.67. The molecule has 0 atom stereocenters. The zero-order valence-electron chi connectivity index (χ0n) is 17.4. The SMILES string of the molecule is O=C(CCN1CCN(C(=O)CCc2cc(F)cc(F)c2)CC1)c1ccc2[nH]c(=O)oc2c1. The number of fused-ring (bicyclic) bond motifs is 1. The highest BCUT2D eigenvalue weighted by Gasteiger charge is 2.21. The molecule has 1 aliphatic heterocycles. The Morgan fingerprint density at radius 1 is 0.969 bits per heavy atom. The maximum atomic E-state index is 13.3. The van der Waals surface area contributed by atoms with Crippen molar-refractivity contribution in [2.75, 3.05) is 32.7 Å². The number of benzene rings is 2. The van der Waals surface area contributed by atoms with Crippen molar-refractivity contribution in [3.63, 3.8) is 0 Å². The topological polar surface area (TPSA) is 86.6 Å². The van der Waals surface area contributed by atoms with Crippen LogP contribution in [0.15, 0.2) is 45.6 Å². The second-order valence-corrected chi connectivity index (χ2v) is 7.90. The number of hydrogen-bond donors (Lipinski definition) is 1. The first kappa shape index (κ1) is 21.9. The van der Waals surface area contributed by atoms with Gasteiger partial charge in [0.15, 0.2) is 11.4 Å². The summed E-state index contributed by atoms with van der Waals surface area (Å²) >= 11 is 0. The maximum Gasteiger partial charge on any atom is 0.417 e. The second-order valence-electron chi connectivity index (χ2n) is 7.90. The Labute approximate surface area is 182 Å². The summed E-state index contributed by atoms with van der Waals surface area (Å²) in [6.07, 6.45) is 0.798. The van der Waals surface area contributed by atoms with Crippen LogP contribution in [-0.4, -0.2) is 59.2 Å². The van der Waals surface area contributed by atoms with Crippen LogP contribution in [0.5, 0.6) is 0 Å². The molecule has 0 saturated carbocycles. The molecule has 0 unspecified atom stereocenters. The number of Topliss-reactive ketones (excluding diaryl/α,β-unsaturated/α-hetero) is 1. The fourth-order valence-corrected chi connectivity index (χ4v) is 3.91. The number of nitrogens with one attached hydrogen (secondary N) is 1. The number of aromatic amines is 1. The number of carbonyl (C=O) groups is 2. The van der Waals surface area contributed by atoms with Gasteiger partial charge in [-0.15, -0.1) is 0 Å². The molecule has 0 radical (unpaired) electrons. The van der Waals surface area contributed by atoms with E-state index < -0.39 is 17.4 Å². The smallest absolute Gasteiger partial charge is 0.408 e. The fraction of sp³-hybridized carbons (Fsp3) is 0.348. The van der Waals surface area contributed by atoms with Crippen LogP contribution in [0.2, 0.25) is 0 Å². The minimum Gasteiger partial charge on any atom is -0.408 e. The summed E-state index contributed by atoms with van der Waals surface area (Å²) in [4.78, 5) is 42.6. The van der Waals surface area contributed by atoms with Crippen LogP contribution in [0.3, 0.4) is 0 Å². The first-order chi connectivity index (χ1) is 15.4. The van der Waals surface area contributed by atoms with Crippen LogP contribution in [0.25, 0.3) is 11.1 Å². The zero-order valence-corrected chi connectivity index (χ0v) is 17.4. The number of H-pyrrole nitrogens is 1. The van der Waals surface area contributed by atoms with E-state index >= 15 is 0 Å². The van der Waals surface area contributed by atoms with Crippen LogP contribution < -0.4 is 5.76 Å². The molecule has 4 rings (SSSR count). The lowest BCUT2D eigenvalue weighted by Gasteiger charge is -2.34. The Bertz CT molecular complexity index is 1180. The van der Waals surface area contributed by atoms with Crippen LogP contribution in [0, 0.1) is 11.6 Å². The summed E-state index contributed by atoms with van der Waals surface area (Å²) in [6, 6.07) is 8.18. The van der Waals surface area contributed by atoms with Crippen molar-refractivity contribution in [1.82, 2.24) is 14.8 Å². The summed E-state index contributed by atoms with van der Waals surface area (Å²) in [6.45, 7) is 2.97. The molecule has 1 amide bonds. The first-order valence-corrected chi connectivity index (χ1v) is 10.5. The number of oxazole rings is 1. The van der Waals surface area contributed by atoms with Gasteiger partial charge in [-0.1, -0.05) is 0 Å². The third-order valence-corrected chi connectivity index (χ3v) is 5.67. The summed E-state index contributed by atoms with van der Waals surface area (Å²) < 4.78 is 31.5. The van der Waals surface area contributed by atoms with Crippen LogP contribution >= 0.6 is 0 Å². The van der Waals surface area contributed by atoms with Crippen molar-refractivity contribution in [1.29, 1.82) is 0 Å². The van der Waals surface area contributed by atoms with Crippen molar-refractivity contribution in [3.05, 3.63) is 69.7 Å². The number of amides is 1. The number of aromatic nitrogens is 1. The van der Waals surface area contributed by atoms with Gasteiger partial charge in [0.1, 0.15) is 11.6 Å². The van der Waals surface area contributed by atoms with Gasteiger partial charge in [0, 0.05) is 57.2 Å². The highest BCUT2D eigenvalue weighted by atomic mass is 19.1. The zero-order chi connectivity index (χ0) is 22.7. The van der Waals surface area contributed by atoms with Crippen molar-refractivity contribution in [2.45, 2.75) is 19.3 Å². The van der Waals surface area contributed by atoms with E-state index in [1.807, 2.05) is 0 Å². The minimum absolute atomic E-state index is 0.0448. The molecule has 2 heterocycles. The first-order valence-electron chi connectivity index (χ1n) is 10.5. The molecule has 3 aromatic rings. The van der Waals surface area contributed by atoms with Gasteiger partial charge in [-0.3, -0.25) is 19.5 Å². The van der Waals surface area contributed by atoms with Gasteiger partial charge >= 0.3 is 5.76 Å². The van der Waals surface area contributed by atoms with Crippen LogP contribution in [0.1, 0.15) is 28.8 Å². The standard InChI is InChI=1S/C23H23F2N3O4/c24-17-11-15(12-18(25)14-17)1-4-22(30)28-9-7-27(8-10-28)6-5-20(29)16-2-3-19-21(13-16)32-23(31)26-19/h2-3,11-14H,1,4-10H2,(H,26,31). The Hall–Kier alpha value is -3.33. The molecule has 32 heavy (non-hydrogen) atoms. The van der Waals surface area contributed by atoms with Crippen LogP contribution in [0.4, 0.5) is 8.78 Å². The molecule has 1 saturated heterocycles. The van der Waals surface area contributed by atoms with Crippen molar-refractivity contribution < 1.29 is 22.8 Å². The monoisotopic (exact) mass is 443 g/mol.